The number of benzene rings is 1. The summed E-state index contributed by atoms with van der Waals surface area (Å²) in [4.78, 5) is 3.36. The summed E-state index contributed by atoms with van der Waals surface area (Å²) in [6.07, 6.45) is -2.31. The molecule has 10 heteroatoms. The van der Waals surface area contributed by atoms with Crippen LogP contribution in [0.25, 0.3) is 0 Å². The van der Waals surface area contributed by atoms with E-state index in [0.29, 0.717) is 5.76 Å². The Hall–Kier alpha value is -3.01. The summed E-state index contributed by atoms with van der Waals surface area (Å²) in [6, 6.07) is 12.2. The van der Waals surface area contributed by atoms with Gasteiger partial charge in [0.2, 0.25) is 0 Å². The molecule has 0 amide bonds. The first kappa shape index (κ1) is 18.8. The van der Waals surface area contributed by atoms with Crippen molar-refractivity contribution in [2.24, 2.45) is 0 Å². The quantitative estimate of drug-likeness (QED) is 0.628. The zero-order valence-electron chi connectivity index (χ0n) is 13.6. The Morgan fingerprint density at radius 3 is 2.41 bits per heavy atom. The predicted molar refractivity (Wildman–Crippen MR) is 89.4 cm³/mol. The Morgan fingerprint density at radius 1 is 1.04 bits per heavy atom. The number of hydrogen-bond donors (Lipinski definition) is 0. The highest BCUT2D eigenvalue weighted by Crippen LogP contribution is 2.33. The highest BCUT2D eigenvalue weighted by atomic mass is 32.2. The van der Waals surface area contributed by atoms with E-state index in [9.17, 15) is 21.6 Å². The van der Waals surface area contributed by atoms with Crippen molar-refractivity contribution in [2.45, 2.75) is 17.8 Å². The van der Waals surface area contributed by atoms with Gasteiger partial charge in [0.15, 0.2) is 0 Å². The number of anilines is 1. The number of aromatic nitrogens is 1. The van der Waals surface area contributed by atoms with Crippen molar-refractivity contribution in [3.05, 3.63) is 72.8 Å². The monoisotopic (exact) mass is 398 g/mol. The lowest BCUT2D eigenvalue weighted by atomic mass is 10.3. The number of rotatable bonds is 6. The van der Waals surface area contributed by atoms with Crippen LogP contribution >= 0.6 is 0 Å². The van der Waals surface area contributed by atoms with Crippen molar-refractivity contribution in [2.75, 3.05) is 4.31 Å². The summed E-state index contributed by atoms with van der Waals surface area (Å²) in [7, 11) is -4.45. The van der Waals surface area contributed by atoms with Crippen LogP contribution in [-0.4, -0.2) is 19.8 Å². The maximum Gasteiger partial charge on any atom is 0.573 e. The highest BCUT2D eigenvalue weighted by Gasteiger charge is 2.36. The molecule has 0 saturated carbocycles. The first-order valence-corrected chi connectivity index (χ1v) is 9.02. The molecule has 0 saturated heterocycles. The van der Waals surface area contributed by atoms with Gasteiger partial charge in [-0.1, -0.05) is 18.2 Å². The summed E-state index contributed by atoms with van der Waals surface area (Å²) in [5.74, 6) is -0.514. The fourth-order valence-electron chi connectivity index (χ4n) is 2.33. The molecule has 2 aromatic heterocycles. The molecular formula is C17H13F3N2O4S. The summed E-state index contributed by atoms with van der Waals surface area (Å²) >= 11 is 0. The third kappa shape index (κ3) is 4.40. The van der Waals surface area contributed by atoms with E-state index in [4.69, 9.17) is 4.42 Å². The van der Waals surface area contributed by atoms with Crippen molar-refractivity contribution in [1.82, 2.24) is 4.98 Å². The number of nitrogens with zero attached hydrogens (tertiary/aromatic N) is 2. The van der Waals surface area contributed by atoms with Gasteiger partial charge in [0.25, 0.3) is 10.0 Å². The van der Waals surface area contributed by atoms with Gasteiger partial charge < -0.3 is 9.15 Å². The van der Waals surface area contributed by atoms with E-state index >= 15 is 0 Å². The minimum absolute atomic E-state index is 0.0238. The average molecular weight is 398 g/mol. The van der Waals surface area contributed by atoms with Crippen LogP contribution in [0, 0.1) is 0 Å². The lowest BCUT2D eigenvalue weighted by Crippen LogP contribution is -2.32. The second-order valence-electron chi connectivity index (χ2n) is 5.27. The molecule has 27 heavy (non-hydrogen) atoms. The lowest BCUT2D eigenvalue weighted by molar-refractivity contribution is -0.275. The fourth-order valence-corrected chi connectivity index (χ4v) is 3.83. The Labute approximate surface area is 152 Å². The van der Waals surface area contributed by atoms with Crippen LogP contribution in [0.4, 0.5) is 19.0 Å². The Bertz CT molecular complexity index is 991. The number of furan rings is 1. The van der Waals surface area contributed by atoms with E-state index in [1.54, 1.807) is 24.3 Å². The molecule has 142 valence electrons. The molecule has 0 aliphatic carbocycles. The van der Waals surface area contributed by atoms with Gasteiger partial charge in [0.05, 0.1) is 12.8 Å². The molecule has 0 aliphatic heterocycles. The number of halogens is 3. The van der Waals surface area contributed by atoms with Crippen LogP contribution in [0.2, 0.25) is 0 Å². The molecule has 1 aromatic carbocycles. The second-order valence-corrected chi connectivity index (χ2v) is 7.10. The number of ether oxygens (including phenoxy) is 1. The normalized spacial score (nSPS) is 12.0. The minimum atomic E-state index is -5.04. The van der Waals surface area contributed by atoms with Gasteiger partial charge in [-0.2, -0.15) is 0 Å². The van der Waals surface area contributed by atoms with Gasteiger partial charge in [0.1, 0.15) is 22.2 Å². The Kier molecular flexibility index (Phi) is 5.08. The van der Waals surface area contributed by atoms with Gasteiger partial charge in [0, 0.05) is 6.20 Å². The van der Waals surface area contributed by atoms with Crippen LogP contribution in [0.3, 0.4) is 0 Å². The molecule has 0 atom stereocenters. The zero-order valence-corrected chi connectivity index (χ0v) is 14.4. The molecule has 0 unspecified atom stereocenters. The van der Waals surface area contributed by atoms with Crippen LogP contribution in [-0.2, 0) is 16.6 Å². The molecule has 0 spiro atoms. The number of hydrogen-bond acceptors (Lipinski definition) is 5. The summed E-state index contributed by atoms with van der Waals surface area (Å²) < 4.78 is 74.3. The van der Waals surface area contributed by atoms with Gasteiger partial charge in [-0.3, -0.25) is 0 Å². The maximum atomic E-state index is 13.2. The molecule has 0 bridgehead atoms. The SMILES string of the molecule is O=S(=O)(c1ccccc1OC(F)(F)F)N(Cc1ccco1)c1ccccn1. The number of para-hydroxylation sites is 1. The first-order valence-electron chi connectivity index (χ1n) is 7.58. The standard InChI is InChI=1S/C17H13F3N2O4S/c18-17(19,20)26-14-7-1-2-8-15(14)27(23,24)22(12-13-6-5-11-25-13)16-9-3-4-10-21-16/h1-11H,12H2. The Morgan fingerprint density at radius 2 is 1.78 bits per heavy atom. The third-order valence-corrected chi connectivity index (χ3v) is 5.22. The van der Waals surface area contributed by atoms with Crippen molar-refractivity contribution < 1.29 is 30.7 Å². The van der Waals surface area contributed by atoms with Crippen LogP contribution in [0.15, 0.2) is 76.4 Å². The first-order chi connectivity index (χ1) is 12.8. The van der Waals surface area contributed by atoms with Crippen LogP contribution in [0.5, 0.6) is 5.75 Å². The van der Waals surface area contributed by atoms with Crippen molar-refractivity contribution >= 4 is 15.8 Å². The number of alkyl halides is 3. The minimum Gasteiger partial charge on any atom is -0.467 e. The molecule has 0 N–H and O–H groups in total. The molecule has 0 radical (unpaired) electrons. The third-order valence-electron chi connectivity index (χ3n) is 3.43. The highest BCUT2D eigenvalue weighted by molar-refractivity contribution is 7.92. The van der Waals surface area contributed by atoms with Gasteiger partial charge >= 0.3 is 6.36 Å². The molecule has 3 aromatic rings. The molecule has 2 heterocycles. The lowest BCUT2D eigenvalue weighted by Gasteiger charge is -2.23. The summed E-state index contributed by atoms with van der Waals surface area (Å²) in [5.41, 5.74) is 0. The van der Waals surface area contributed by atoms with Crippen molar-refractivity contribution in [3.63, 3.8) is 0 Å². The molecule has 3 rings (SSSR count). The van der Waals surface area contributed by atoms with E-state index in [1.165, 1.54) is 30.7 Å². The predicted octanol–water partition coefficient (Wildman–Crippen LogP) is 3.97. The molecular weight excluding hydrogens is 385 g/mol. The summed E-state index contributed by atoms with van der Waals surface area (Å²) in [5, 5.41) is 0. The van der Waals surface area contributed by atoms with Gasteiger partial charge in [-0.05, 0) is 36.4 Å². The van der Waals surface area contributed by atoms with E-state index in [1.807, 2.05) is 0 Å². The topological polar surface area (TPSA) is 72.6 Å². The smallest absolute Gasteiger partial charge is 0.467 e. The summed E-state index contributed by atoms with van der Waals surface area (Å²) in [6.45, 7) is -0.257. The van der Waals surface area contributed by atoms with E-state index in [0.717, 1.165) is 16.4 Å². The molecule has 0 fully saturated rings. The number of pyridine rings is 1. The van der Waals surface area contributed by atoms with E-state index in [2.05, 4.69) is 9.72 Å². The van der Waals surface area contributed by atoms with Gasteiger partial charge in [-0.25, -0.2) is 17.7 Å². The fraction of sp³-hybridized carbons (Fsp3) is 0.118. The van der Waals surface area contributed by atoms with Gasteiger partial charge in [-0.15, -0.1) is 13.2 Å². The van der Waals surface area contributed by atoms with Crippen LogP contribution in [0.1, 0.15) is 5.76 Å². The zero-order chi connectivity index (χ0) is 19.5. The van der Waals surface area contributed by atoms with Crippen molar-refractivity contribution in [3.8, 4) is 5.75 Å². The van der Waals surface area contributed by atoms with E-state index < -0.39 is 27.0 Å². The maximum absolute atomic E-state index is 13.2. The van der Waals surface area contributed by atoms with Crippen molar-refractivity contribution in [1.29, 1.82) is 0 Å². The molecule has 0 aliphatic rings. The number of sulfonamides is 1. The van der Waals surface area contributed by atoms with Crippen LogP contribution < -0.4 is 9.04 Å². The van der Waals surface area contributed by atoms with E-state index in [-0.39, 0.29) is 12.4 Å². The second kappa shape index (κ2) is 7.31. The Balaban J connectivity index is 2.09. The molecule has 6 nitrogen and oxygen atoms in total. The largest absolute Gasteiger partial charge is 0.573 e. The average Bonchev–Trinajstić information content (AvgIpc) is 3.12.